The standard InChI is InChI=1S/C22H25NO3/c1-3-19-14-15-20(25-2)21(18-12-8-5-9-13-18)23(19)22(24)26-16-17-10-6-4-7-11-17/h4-15,19-21H,3,16H2,1-2H3/t19-,20-,21+/m1/s1. The van der Waals surface area contributed by atoms with E-state index in [0.717, 1.165) is 17.5 Å². The van der Waals surface area contributed by atoms with Crippen molar-refractivity contribution in [3.63, 3.8) is 0 Å². The molecule has 0 saturated carbocycles. The van der Waals surface area contributed by atoms with Gasteiger partial charge in [-0.2, -0.15) is 0 Å². The maximum atomic E-state index is 13.0. The Morgan fingerprint density at radius 3 is 2.27 bits per heavy atom. The lowest BCUT2D eigenvalue weighted by atomic mass is 9.93. The summed E-state index contributed by atoms with van der Waals surface area (Å²) in [5.74, 6) is 0. The Kier molecular flexibility index (Phi) is 6.08. The molecule has 0 saturated heterocycles. The number of hydrogen-bond acceptors (Lipinski definition) is 3. The molecule has 1 amide bonds. The molecule has 0 radical (unpaired) electrons. The maximum Gasteiger partial charge on any atom is 0.411 e. The zero-order chi connectivity index (χ0) is 18.4. The molecule has 26 heavy (non-hydrogen) atoms. The summed E-state index contributed by atoms with van der Waals surface area (Å²) >= 11 is 0. The third-order valence-electron chi connectivity index (χ3n) is 4.74. The predicted molar refractivity (Wildman–Crippen MR) is 102 cm³/mol. The molecule has 0 aliphatic carbocycles. The highest BCUT2D eigenvalue weighted by atomic mass is 16.6. The van der Waals surface area contributed by atoms with Gasteiger partial charge in [0.15, 0.2) is 0 Å². The second-order valence-corrected chi connectivity index (χ2v) is 6.36. The van der Waals surface area contributed by atoms with Gasteiger partial charge in [-0.15, -0.1) is 0 Å². The minimum atomic E-state index is -0.319. The molecule has 0 aromatic heterocycles. The smallest absolute Gasteiger partial charge is 0.411 e. The molecule has 0 spiro atoms. The van der Waals surface area contributed by atoms with Crippen LogP contribution in [-0.4, -0.2) is 30.2 Å². The number of amides is 1. The van der Waals surface area contributed by atoms with Crippen LogP contribution in [0.25, 0.3) is 0 Å². The minimum Gasteiger partial charge on any atom is -0.445 e. The van der Waals surface area contributed by atoms with Gasteiger partial charge in [-0.25, -0.2) is 4.79 Å². The minimum absolute atomic E-state index is 0.0186. The first-order chi connectivity index (χ1) is 12.7. The van der Waals surface area contributed by atoms with Gasteiger partial charge in [0.05, 0.1) is 12.1 Å². The quantitative estimate of drug-likeness (QED) is 0.731. The van der Waals surface area contributed by atoms with E-state index in [2.05, 4.69) is 6.92 Å². The summed E-state index contributed by atoms with van der Waals surface area (Å²) in [5, 5.41) is 0. The van der Waals surface area contributed by atoms with Gasteiger partial charge < -0.3 is 9.47 Å². The lowest BCUT2D eigenvalue weighted by molar-refractivity contribution is 0.00801. The first-order valence-corrected chi connectivity index (χ1v) is 8.99. The van der Waals surface area contributed by atoms with E-state index in [1.54, 1.807) is 7.11 Å². The molecule has 4 heteroatoms. The van der Waals surface area contributed by atoms with Crippen LogP contribution in [0.4, 0.5) is 4.79 Å². The fraction of sp³-hybridized carbons (Fsp3) is 0.318. The van der Waals surface area contributed by atoms with E-state index in [9.17, 15) is 4.79 Å². The van der Waals surface area contributed by atoms with Crippen LogP contribution in [0.3, 0.4) is 0 Å². The van der Waals surface area contributed by atoms with Crippen LogP contribution in [0.2, 0.25) is 0 Å². The lowest BCUT2D eigenvalue weighted by Crippen LogP contribution is -2.49. The molecule has 2 aromatic rings. The third kappa shape index (κ3) is 3.97. The lowest BCUT2D eigenvalue weighted by Gasteiger charge is -2.42. The molecular weight excluding hydrogens is 326 g/mol. The predicted octanol–water partition coefficient (Wildman–Crippen LogP) is 4.73. The molecule has 0 N–H and O–H groups in total. The highest BCUT2D eigenvalue weighted by Crippen LogP contribution is 2.34. The number of nitrogens with zero attached hydrogens (tertiary/aromatic N) is 1. The number of methoxy groups -OCH3 is 1. The Hall–Kier alpha value is -2.59. The number of carbonyl (C=O) groups excluding carboxylic acids is 1. The van der Waals surface area contributed by atoms with Crippen molar-refractivity contribution >= 4 is 6.09 Å². The van der Waals surface area contributed by atoms with E-state index >= 15 is 0 Å². The fourth-order valence-corrected chi connectivity index (χ4v) is 3.38. The molecule has 3 rings (SSSR count). The molecule has 0 fully saturated rings. The van der Waals surface area contributed by atoms with Gasteiger partial charge in [-0.1, -0.05) is 79.7 Å². The molecule has 1 aliphatic heterocycles. The molecule has 3 atom stereocenters. The summed E-state index contributed by atoms with van der Waals surface area (Å²) in [6.45, 7) is 2.33. The number of ether oxygens (including phenoxy) is 2. The summed E-state index contributed by atoms with van der Waals surface area (Å²) < 4.78 is 11.3. The van der Waals surface area contributed by atoms with Crippen molar-refractivity contribution in [1.82, 2.24) is 4.90 Å². The van der Waals surface area contributed by atoms with Crippen molar-refractivity contribution in [1.29, 1.82) is 0 Å². The molecule has 136 valence electrons. The van der Waals surface area contributed by atoms with Crippen LogP contribution in [0, 0.1) is 0 Å². The number of hydrogen-bond donors (Lipinski definition) is 0. The fourth-order valence-electron chi connectivity index (χ4n) is 3.38. The number of rotatable bonds is 5. The Bertz CT molecular complexity index is 730. The monoisotopic (exact) mass is 351 g/mol. The van der Waals surface area contributed by atoms with Crippen LogP contribution in [0.15, 0.2) is 72.8 Å². The summed E-state index contributed by atoms with van der Waals surface area (Å²) in [4.78, 5) is 14.8. The molecule has 2 aromatic carbocycles. The van der Waals surface area contributed by atoms with Crippen molar-refractivity contribution in [2.75, 3.05) is 7.11 Å². The van der Waals surface area contributed by atoms with Crippen LogP contribution < -0.4 is 0 Å². The number of benzene rings is 2. The largest absolute Gasteiger partial charge is 0.445 e. The first-order valence-electron chi connectivity index (χ1n) is 8.99. The van der Waals surface area contributed by atoms with Gasteiger partial charge in [0.25, 0.3) is 0 Å². The van der Waals surface area contributed by atoms with Gasteiger partial charge in [0, 0.05) is 7.11 Å². The van der Waals surface area contributed by atoms with Crippen LogP contribution in [0.5, 0.6) is 0 Å². The Balaban J connectivity index is 1.86. The zero-order valence-corrected chi connectivity index (χ0v) is 15.2. The SMILES string of the molecule is CC[C@@H]1C=C[C@@H](OC)[C@H](c2ccccc2)N1C(=O)OCc1ccccc1. The third-order valence-corrected chi connectivity index (χ3v) is 4.74. The van der Waals surface area contributed by atoms with Crippen molar-refractivity contribution in [3.05, 3.63) is 83.9 Å². The van der Waals surface area contributed by atoms with E-state index in [-0.39, 0.29) is 30.9 Å². The van der Waals surface area contributed by atoms with Gasteiger partial charge in [0.2, 0.25) is 0 Å². The van der Waals surface area contributed by atoms with Gasteiger partial charge >= 0.3 is 6.09 Å². The highest BCUT2D eigenvalue weighted by molar-refractivity contribution is 5.70. The topological polar surface area (TPSA) is 38.8 Å². The van der Waals surface area contributed by atoms with E-state index < -0.39 is 0 Å². The van der Waals surface area contributed by atoms with E-state index in [1.165, 1.54) is 0 Å². The van der Waals surface area contributed by atoms with Gasteiger partial charge in [-0.3, -0.25) is 4.90 Å². The van der Waals surface area contributed by atoms with Crippen LogP contribution in [-0.2, 0) is 16.1 Å². The van der Waals surface area contributed by atoms with Gasteiger partial charge in [-0.05, 0) is 17.5 Å². The summed E-state index contributed by atoms with van der Waals surface area (Å²) in [5.41, 5.74) is 2.01. The average molecular weight is 351 g/mol. The van der Waals surface area contributed by atoms with Crippen molar-refractivity contribution < 1.29 is 14.3 Å². The van der Waals surface area contributed by atoms with Crippen LogP contribution in [0.1, 0.15) is 30.5 Å². The first kappa shape index (κ1) is 18.2. The second kappa shape index (κ2) is 8.68. The molecular formula is C22H25NO3. The Morgan fingerprint density at radius 2 is 1.65 bits per heavy atom. The Morgan fingerprint density at radius 1 is 1.00 bits per heavy atom. The maximum absolute atomic E-state index is 13.0. The van der Waals surface area contributed by atoms with Crippen molar-refractivity contribution in [2.24, 2.45) is 0 Å². The summed E-state index contributed by atoms with van der Waals surface area (Å²) in [7, 11) is 1.67. The van der Waals surface area contributed by atoms with E-state index in [4.69, 9.17) is 9.47 Å². The molecule has 1 aliphatic rings. The normalized spacial score (nSPS) is 22.2. The van der Waals surface area contributed by atoms with Crippen molar-refractivity contribution in [2.45, 2.75) is 38.1 Å². The molecule has 0 unspecified atom stereocenters. The number of carbonyl (C=O) groups is 1. The van der Waals surface area contributed by atoms with Crippen molar-refractivity contribution in [3.8, 4) is 0 Å². The summed E-state index contributed by atoms with van der Waals surface area (Å²) in [6, 6.07) is 19.5. The molecule has 1 heterocycles. The summed E-state index contributed by atoms with van der Waals surface area (Å²) in [6.07, 6.45) is 4.38. The van der Waals surface area contributed by atoms with E-state index in [1.807, 2.05) is 77.7 Å². The highest BCUT2D eigenvalue weighted by Gasteiger charge is 2.38. The van der Waals surface area contributed by atoms with Crippen LogP contribution >= 0.6 is 0 Å². The Labute approximate surface area is 155 Å². The van der Waals surface area contributed by atoms with Gasteiger partial charge in [0.1, 0.15) is 12.7 Å². The molecule has 0 bridgehead atoms. The van der Waals surface area contributed by atoms with E-state index in [0.29, 0.717) is 0 Å². The molecule has 4 nitrogen and oxygen atoms in total. The zero-order valence-electron chi connectivity index (χ0n) is 15.2. The average Bonchev–Trinajstić information content (AvgIpc) is 2.72. The second-order valence-electron chi connectivity index (χ2n) is 6.36.